The number of amides is 1. The van der Waals surface area contributed by atoms with Crippen molar-refractivity contribution in [3.8, 4) is 22.8 Å². The van der Waals surface area contributed by atoms with E-state index in [2.05, 4.69) is 51.5 Å². The Balaban J connectivity index is 1.33. The minimum atomic E-state index is -0.104. The maximum absolute atomic E-state index is 12.4. The summed E-state index contributed by atoms with van der Waals surface area (Å²) in [5, 5.41) is 10.7. The maximum atomic E-state index is 12.4. The molecule has 0 saturated heterocycles. The highest BCUT2D eigenvalue weighted by Crippen LogP contribution is 2.24. The molecule has 2 heterocycles. The van der Waals surface area contributed by atoms with E-state index < -0.39 is 0 Å². The molecule has 0 aliphatic rings. The first kappa shape index (κ1) is 21.6. The maximum Gasteiger partial charge on any atom is 0.230 e. The number of imidazole rings is 1. The number of nitrogens with one attached hydrogen (secondary N) is 2. The number of carbonyl (C=O) groups excluding carboxylic acids is 1. The molecule has 0 saturated carbocycles. The van der Waals surface area contributed by atoms with Crippen LogP contribution in [0.4, 0.5) is 0 Å². The zero-order valence-corrected chi connectivity index (χ0v) is 18.9. The second-order valence-electron chi connectivity index (χ2n) is 7.20. The molecule has 0 unspecified atom stereocenters. The Hall–Kier alpha value is -3.59. The number of carbonyl (C=O) groups is 1. The number of H-pyrrole nitrogens is 1. The number of aromatic nitrogens is 5. The van der Waals surface area contributed by atoms with Gasteiger partial charge in [0.05, 0.1) is 25.1 Å². The second kappa shape index (κ2) is 9.69. The summed E-state index contributed by atoms with van der Waals surface area (Å²) in [5.41, 5.74) is 4.34. The number of thioether (sulfide) groups is 1. The highest BCUT2D eigenvalue weighted by Gasteiger charge is 2.12. The highest BCUT2D eigenvalue weighted by molar-refractivity contribution is 7.99. The van der Waals surface area contributed by atoms with Gasteiger partial charge in [-0.3, -0.25) is 14.5 Å². The van der Waals surface area contributed by atoms with E-state index in [0.29, 0.717) is 11.6 Å². The number of benzene rings is 2. The van der Waals surface area contributed by atoms with Crippen molar-refractivity contribution in [1.29, 1.82) is 0 Å². The molecule has 2 aromatic carbocycles. The van der Waals surface area contributed by atoms with Gasteiger partial charge < -0.3 is 10.1 Å². The van der Waals surface area contributed by atoms with Gasteiger partial charge in [0.1, 0.15) is 11.6 Å². The summed E-state index contributed by atoms with van der Waals surface area (Å²) in [7, 11) is 1.62. The molecule has 164 valence electrons. The molecule has 1 amide bonds. The van der Waals surface area contributed by atoms with Crippen molar-refractivity contribution in [2.45, 2.75) is 25.5 Å². The van der Waals surface area contributed by atoms with Gasteiger partial charge in [-0.25, -0.2) is 9.97 Å². The largest absolute Gasteiger partial charge is 0.497 e. The monoisotopic (exact) mass is 448 g/mol. The standard InChI is InChI=1S/C23H24N6O2S/c1-15-5-4-6-19(16(15)2)29-12-11-24-23(29)32-14-21(30)25-13-20-26-22(28-27-20)17-7-9-18(31-3)10-8-17/h4-12H,13-14H2,1-3H3,(H,25,30)(H,26,27,28). The Morgan fingerprint density at radius 3 is 2.78 bits per heavy atom. The molecule has 9 heteroatoms. The van der Waals surface area contributed by atoms with Crippen LogP contribution in [0.3, 0.4) is 0 Å². The number of aryl methyl sites for hydroxylation is 1. The number of nitrogens with zero attached hydrogens (tertiary/aromatic N) is 4. The van der Waals surface area contributed by atoms with Gasteiger partial charge >= 0.3 is 0 Å². The number of ether oxygens (including phenoxy) is 1. The Morgan fingerprint density at radius 1 is 1.19 bits per heavy atom. The third kappa shape index (κ3) is 4.83. The minimum Gasteiger partial charge on any atom is -0.497 e. The van der Waals surface area contributed by atoms with Crippen molar-refractivity contribution >= 4 is 17.7 Å². The van der Waals surface area contributed by atoms with Crippen LogP contribution in [0.25, 0.3) is 17.1 Å². The van der Waals surface area contributed by atoms with Crippen LogP contribution < -0.4 is 10.1 Å². The predicted molar refractivity (Wildman–Crippen MR) is 124 cm³/mol. The van der Waals surface area contributed by atoms with Crippen LogP contribution in [0.15, 0.2) is 60.0 Å². The van der Waals surface area contributed by atoms with Crippen LogP contribution in [-0.2, 0) is 11.3 Å². The van der Waals surface area contributed by atoms with Gasteiger partial charge in [-0.15, -0.1) is 0 Å². The average molecular weight is 449 g/mol. The lowest BCUT2D eigenvalue weighted by Crippen LogP contribution is -2.25. The molecule has 0 bridgehead atoms. The molecule has 0 atom stereocenters. The molecule has 4 rings (SSSR count). The zero-order chi connectivity index (χ0) is 22.5. The fourth-order valence-electron chi connectivity index (χ4n) is 3.18. The van der Waals surface area contributed by atoms with E-state index in [1.165, 1.54) is 22.9 Å². The summed E-state index contributed by atoms with van der Waals surface area (Å²) in [5.74, 6) is 2.08. The van der Waals surface area contributed by atoms with Crippen molar-refractivity contribution in [2.24, 2.45) is 0 Å². The third-order valence-electron chi connectivity index (χ3n) is 5.11. The molecule has 0 aliphatic heterocycles. The van der Waals surface area contributed by atoms with Crippen LogP contribution in [-0.4, -0.2) is 43.5 Å². The van der Waals surface area contributed by atoms with Crippen molar-refractivity contribution in [1.82, 2.24) is 30.0 Å². The van der Waals surface area contributed by atoms with Gasteiger partial charge in [-0.1, -0.05) is 23.9 Å². The third-order valence-corrected chi connectivity index (χ3v) is 6.07. The molecular formula is C23H24N6O2S. The first-order chi connectivity index (χ1) is 15.5. The molecule has 0 fully saturated rings. The molecule has 4 aromatic rings. The molecule has 2 aromatic heterocycles. The van der Waals surface area contributed by atoms with E-state index in [4.69, 9.17) is 4.74 Å². The Morgan fingerprint density at radius 2 is 2.00 bits per heavy atom. The van der Waals surface area contributed by atoms with Gasteiger partial charge in [-0.2, -0.15) is 5.10 Å². The van der Waals surface area contributed by atoms with Gasteiger partial charge in [0, 0.05) is 18.0 Å². The lowest BCUT2D eigenvalue weighted by Gasteiger charge is -2.12. The topological polar surface area (TPSA) is 97.7 Å². The number of methoxy groups -OCH3 is 1. The van der Waals surface area contributed by atoms with Gasteiger partial charge in [0.15, 0.2) is 11.0 Å². The minimum absolute atomic E-state index is 0.104. The van der Waals surface area contributed by atoms with Gasteiger partial charge in [0.2, 0.25) is 5.91 Å². The fraction of sp³-hybridized carbons (Fsp3) is 0.217. The van der Waals surface area contributed by atoms with E-state index in [9.17, 15) is 4.79 Å². The number of hydrogen-bond acceptors (Lipinski definition) is 6. The first-order valence-electron chi connectivity index (χ1n) is 10.1. The van der Waals surface area contributed by atoms with E-state index >= 15 is 0 Å². The smallest absolute Gasteiger partial charge is 0.230 e. The van der Waals surface area contributed by atoms with Crippen molar-refractivity contribution in [3.05, 3.63) is 71.8 Å². The van der Waals surface area contributed by atoms with Crippen molar-refractivity contribution in [3.63, 3.8) is 0 Å². The van der Waals surface area contributed by atoms with Crippen molar-refractivity contribution < 1.29 is 9.53 Å². The SMILES string of the molecule is COc1ccc(-c2n[nH]c(CNC(=O)CSc3nccn3-c3cccc(C)c3C)n2)cc1. The van der Waals surface area contributed by atoms with E-state index in [-0.39, 0.29) is 18.2 Å². The lowest BCUT2D eigenvalue weighted by molar-refractivity contribution is -0.118. The number of aromatic amines is 1. The summed E-state index contributed by atoms with van der Waals surface area (Å²) in [6.45, 7) is 4.44. The number of hydrogen-bond donors (Lipinski definition) is 2. The van der Waals surface area contributed by atoms with Crippen LogP contribution in [0.2, 0.25) is 0 Å². The first-order valence-corrected chi connectivity index (χ1v) is 11.1. The molecule has 8 nitrogen and oxygen atoms in total. The van der Waals surface area contributed by atoms with Gasteiger partial charge in [0.25, 0.3) is 0 Å². The van der Waals surface area contributed by atoms with E-state index in [1.54, 1.807) is 13.3 Å². The predicted octanol–water partition coefficient (Wildman–Crippen LogP) is 3.69. The fourth-order valence-corrected chi connectivity index (χ4v) is 3.98. The molecule has 32 heavy (non-hydrogen) atoms. The summed E-state index contributed by atoms with van der Waals surface area (Å²) in [6.07, 6.45) is 3.66. The summed E-state index contributed by atoms with van der Waals surface area (Å²) >= 11 is 1.39. The van der Waals surface area contributed by atoms with Crippen molar-refractivity contribution in [2.75, 3.05) is 12.9 Å². The zero-order valence-electron chi connectivity index (χ0n) is 18.1. The quantitative estimate of drug-likeness (QED) is 0.399. The summed E-state index contributed by atoms with van der Waals surface area (Å²) in [6, 6.07) is 13.6. The highest BCUT2D eigenvalue weighted by atomic mass is 32.2. The van der Waals surface area contributed by atoms with Gasteiger partial charge in [-0.05, 0) is 55.3 Å². The normalized spacial score (nSPS) is 10.8. The Kier molecular flexibility index (Phi) is 6.55. The summed E-state index contributed by atoms with van der Waals surface area (Å²) in [4.78, 5) is 21.2. The van der Waals surface area contributed by atoms with Crippen LogP contribution >= 0.6 is 11.8 Å². The Labute approximate surface area is 190 Å². The lowest BCUT2D eigenvalue weighted by atomic mass is 10.1. The molecule has 0 radical (unpaired) electrons. The average Bonchev–Trinajstić information content (AvgIpc) is 3.48. The van der Waals surface area contributed by atoms with E-state index in [1.807, 2.05) is 41.1 Å². The number of rotatable bonds is 8. The Bertz CT molecular complexity index is 1220. The van der Waals surface area contributed by atoms with Crippen LogP contribution in [0.1, 0.15) is 17.0 Å². The van der Waals surface area contributed by atoms with E-state index in [0.717, 1.165) is 22.2 Å². The second-order valence-corrected chi connectivity index (χ2v) is 8.14. The molecule has 0 spiro atoms. The molecule has 0 aliphatic carbocycles. The molecule has 2 N–H and O–H groups in total. The summed E-state index contributed by atoms with van der Waals surface area (Å²) < 4.78 is 7.18. The molecular weight excluding hydrogens is 424 g/mol. The van der Waals surface area contributed by atoms with Crippen LogP contribution in [0, 0.1) is 13.8 Å². The van der Waals surface area contributed by atoms with Crippen LogP contribution in [0.5, 0.6) is 5.75 Å².